The van der Waals surface area contributed by atoms with E-state index in [1.54, 1.807) is 18.2 Å². The quantitative estimate of drug-likeness (QED) is 0.831. The third-order valence-corrected chi connectivity index (χ3v) is 2.76. The summed E-state index contributed by atoms with van der Waals surface area (Å²) in [6.45, 7) is 4.20. The van der Waals surface area contributed by atoms with Crippen molar-refractivity contribution in [3.05, 3.63) is 66.2 Å². The summed E-state index contributed by atoms with van der Waals surface area (Å²) in [5.41, 5.74) is 1.62. The maximum atomic E-state index is 9.73. The molecule has 0 aliphatic rings. The highest BCUT2D eigenvalue weighted by Gasteiger charge is 2.07. The van der Waals surface area contributed by atoms with Crippen molar-refractivity contribution in [1.82, 2.24) is 0 Å². The normalized spacial score (nSPS) is 9.95. The maximum absolute atomic E-state index is 9.73. The Hall–Kier alpha value is -2.42. The third kappa shape index (κ3) is 3.28. The fraction of sp³-hybridized carbons (Fsp3) is 0.125. The predicted octanol–water partition coefficient (Wildman–Crippen LogP) is 3.59. The minimum absolute atomic E-state index is 0.124. The monoisotopic (exact) mass is 256 g/mol. The second-order valence-corrected chi connectivity index (χ2v) is 4.08. The molecule has 2 rings (SSSR count). The second-order valence-electron chi connectivity index (χ2n) is 4.08. The fourth-order valence-corrected chi connectivity index (χ4v) is 1.68. The highest BCUT2D eigenvalue weighted by Crippen LogP contribution is 2.29. The average Bonchev–Trinajstić information content (AvgIpc) is 2.46. The zero-order valence-corrected chi connectivity index (χ0v) is 10.8. The van der Waals surface area contributed by atoms with Gasteiger partial charge in [-0.3, -0.25) is 0 Å². The van der Waals surface area contributed by atoms with E-state index < -0.39 is 0 Å². The van der Waals surface area contributed by atoms with E-state index in [4.69, 9.17) is 9.47 Å². The van der Waals surface area contributed by atoms with Crippen LogP contribution in [-0.2, 0) is 11.3 Å². The molecule has 0 fully saturated rings. The molecule has 19 heavy (non-hydrogen) atoms. The van der Waals surface area contributed by atoms with Crippen molar-refractivity contribution in [3.8, 4) is 11.5 Å². The third-order valence-electron chi connectivity index (χ3n) is 2.76. The van der Waals surface area contributed by atoms with Crippen LogP contribution in [0.5, 0.6) is 11.5 Å². The summed E-state index contributed by atoms with van der Waals surface area (Å²) in [6, 6.07) is 14.9. The van der Waals surface area contributed by atoms with Gasteiger partial charge in [0.15, 0.2) is 0 Å². The minimum Gasteiger partial charge on any atom is -0.507 e. The van der Waals surface area contributed by atoms with Crippen LogP contribution in [0.15, 0.2) is 55.1 Å². The summed E-state index contributed by atoms with van der Waals surface area (Å²) < 4.78 is 10.7. The first-order chi connectivity index (χ1) is 9.20. The Bertz CT molecular complexity index is 561. The van der Waals surface area contributed by atoms with Crippen molar-refractivity contribution in [1.29, 1.82) is 0 Å². The molecule has 0 saturated heterocycles. The molecule has 1 N–H and O–H groups in total. The maximum Gasteiger partial charge on any atom is 0.126 e. The Morgan fingerprint density at radius 2 is 1.89 bits per heavy atom. The smallest absolute Gasteiger partial charge is 0.126 e. The highest BCUT2D eigenvalue weighted by atomic mass is 16.5. The molecule has 0 radical (unpaired) electrons. The van der Waals surface area contributed by atoms with Gasteiger partial charge in [0.05, 0.1) is 12.7 Å². The number of hydrogen-bond acceptors (Lipinski definition) is 3. The number of phenols is 1. The van der Waals surface area contributed by atoms with E-state index in [9.17, 15) is 5.11 Å². The van der Waals surface area contributed by atoms with Gasteiger partial charge in [0.25, 0.3) is 0 Å². The number of methoxy groups -OCH3 is 1. The van der Waals surface area contributed by atoms with Crippen LogP contribution in [0.4, 0.5) is 0 Å². The molecule has 0 atom stereocenters. The minimum atomic E-state index is 0.124. The van der Waals surface area contributed by atoms with Crippen molar-refractivity contribution in [2.24, 2.45) is 0 Å². The van der Waals surface area contributed by atoms with Crippen LogP contribution in [0.25, 0.3) is 5.76 Å². The van der Waals surface area contributed by atoms with Crippen LogP contribution in [0.2, 0.25) is 0 Å². The lowest BCUT2D eigenvalue weighted by atomic mass is 10.1. The molecule has 0 spiro atoms. The molecule has 3 heteroatoms. The topological polar surface area (TPSA) is 38.7 Å². The first kappa shape index (κ1) is 13.0. The molecule has 0 bridgehead atoms. The molecule has 0 saturated carbocycles. The number of benzene rings is 2. The summed E-state index contributed by atoms with van der Waals surface area (Å²) in [5, 5.41) is 9.73. The van der Waals surface area contributed by atoms with Crippen molar-refractivity contribution in [3.63, 3.8) is 0 Å². The number of hydrogen-bond donors (Lipinski definition) is 1. The largest absolute Gasteiger partial charge is 0.507 e. The SMILES string of the molecule is C=C(OC)c1cc(OCc2ccccc2)ccc1O. The van der Waals surface area contributed by atoms with Crippen LogP contribution in [0, 0.1) is 0 Å². The Morgan fingerprint density at radius 1 is 1.16 bits per heavy atom. The van der Waals surface area contributed by atoms with Gasteiger partial charge in [-0.1, -0.05) is 36.9 Å². The Morgan fingerprint density at radius 3 is 2.58 bits per heavy atom. The first-order valence-corrected chi connectivity index (χ1v) is 5.93. The van der Waals surface area contributed by atoms with Crippen LogP contribution in [0.3, 0.4) is 0 Å². The fourth-order valence-electron chi connectivity index (χ4n) is 1.68. The van der Waals surface area contributed by atoms with Crippen molar-refractivity contribution in [2.45, 2.75) is 6.61 Å². The number of aromatic hydroxyl groups is 1. The molecule has 0 aliphatic carbocycles. The van der Waals surface area contributed by atoms with E-state index in [1.807, 2.05) is 30.3 Å². The van der Waals surface area contributed by atoms with E-state index in [2.05, 4.69) is 6.58 Å². The van der Waals surface area contributed by atoms with Gasteiger partial charge in [-0.05, 0) is 23.8 Å². The average molecular weight is 256 g/mol. The van der Waals surface area contributed by atoms with Crippen LogP contribution in [-0.4, -0.2) is 12.2 Å². The molecule has 0 aromatic heterocycles. The summed E-state index contributed by atoms with van der Waals surface area (Å²) in [7, 11) is 1.51. The van der Waals surface area contributed by atoms with Crippen molar-refractivity contribution < 1.29 is 14.6 Å². The highest BCUT2D eigenvalue weighted by molar-refractivity contribution is 5.65. The lowest BCUT2D eigenvalue weighted by Gasteiger charge is -2.10. The standard InChI is InChI=1S/C16H16O3/c1-12(18-2)15-10-14(8-9-16(15)17)19-11-13-6-4-3-5-7-13/h3-10,17H,1,11H2,2H3. The lowest BCUT2D eigenvalue weighted by Crippen LogP contribution is -1.96. The van der Waals surface area contributed by atoms with Gasteiger partial charge in [-0.2, -0.15) is 0 Å². The Kier molecular flexibility index (Phi) is 4.08. The summed E-state index contributed by atoms with van der Waals surface area (Å²) in [4.78, 5) is 0. The molecule has 3 nitrogen and oxygen atoms in total. The van der Waals surface area contributed by atoms with Gasteiger partial charge in [-0.25, -0.2) is 0 Å². The molecule has 0 heterocycles. The second kappa shape index (κ2) is 5.96. The van der Waals surface area contributed by atoms with Gasteiger partial charge in [-0.15, -0.1) is 0 Å². The number of rotatable bonds is 5. The van der Waals surface area contributed by atoms with Crippen LogP contribution < -0.4 is 4.74 Å². The molecule has 0 amide bonds. The van der Waals surface area contributed by atoms with Gasteiger partial charge >= 0.3 is 0 Å². The van der Waals surface area contributed by atoms with Gasteiger partial charge in [0.1, 0.15) is 23.9 Å². The van der Waals surface area contributed by atoms with E-state index in [0.717, 1.165) is 5.56 Å². The molecule has 0 aliphatic heterocycles. The predicted molar refractivity (Wildman–Crippen MR) is 74.9 cm³/mol. The first-order valence-electron chi connectivity index (χ1n) is 5.93. The van der Waals surface area contributed by atoms with Gasteiger partial charge in [0, 0.05) is 0 Å². The van der Waals surface area contributed by atoms with E-state index >= 15 is 0 Å². The van der Waals surface area contributed by atoms with Crippen molar-refractivity contribution >= 4 is 5.76 Å². The number of ether oxygens (including phenoxy) is 2. The summed E-state index contributed by atoms with van der Waals surface area (Å²) >= 11 is 0. The van der Waals surface area contributed by atoms with E-state index in [0.29, 0.717) is 23.7 Å². The van der Waals surface area contributed by atoms with E-state index in [-0.39, 0.29) is 5.75 Å². The molecule has 2 aromatic carbocycles. The van der Waals surface area contributed by atoms with Gasteiger partial charge < -0.3 is 14.6 Å². The van der Waals surface area contributed by atoms with Crippen LogP contribution >= 0.6 is 0 Å². The Balaban J connectivity index is 2.11. The van der Waals surface area contributed by atoms with Crippen LogP contribution in [0.1, 0.15) is 11.1 Å². The lowest BCUT2D eigenvalue weighted by molar-refractivity contribution is 0.305. The number of phenolic OH excluding ortho intramolecular Hbond substituents is 1. The molecular weight excluding hydrogens is 240 g/mol. The Labute approximate surface area is 112 Å². The van der Waals surface area contributed by atoms with E-state index in [1.165, 1.54) is 7.11 Å². The van der Waals surface area contributed by atoms with Crippen molar-refractivity contribution in [2.75, 3.05) is 7.11 Å². The zero-order valence-electron chi connectivity index (χ0n) is 10.8. The zero-order chi connectivity index (χ0) is 13.7. The summed E-state index contributed by atoms with van der Waals surface area (Å²) in [6.07, 6.45) is 0. The molecular formula is C16H16O3. The molecule has 98 valence electrons. The van der Waals surface area contributed by atoms with Gasteiger partial charge in [0.2, 0.25) is 0 Å². The molecule has 2 aromatic rings. The molecule has 0 unspecified atom stereocenters. The summed E-state index contributed by atoms with van der Waals surface area (Å²) in [5.74, 6) is 1.19.